The van der Waals surface area contributed by atoms with Crippen LogP contribution < -0.4 is 11.1 Å². The molecule has 1 fully saturated rings. The number of nitrogens with two attached hydrogens (primary N) is 1. The van der Waals surface area contributed by atoms with Gasteiger partial charge < -0.3 is 11.1 Å². The van der Waals surface area contributed by atoms with Crippen LogP contribution in [0, 0.1) is 5.92 Å². The summed E-state index contributed by atoms with van der Waals surface area (Å²) in [5.41, 5.74) is 7.69. The van der Waals surface area contributed by atoms with Crippen LogP contribution in [0.3, 0.4) is 0 Å². The van der Waals surface area contributed by atoms with Crippen molar-refractivity contribution in [1.82, 2.24) is 5.32 Å². The second-order valence-corrected chi connectivity index (χ2v) is 5.15. The molecule has 0 aliphatic heterocycles. The fourth-order valence-corrected chi connectivity index (χ4v) is 2.51. The largest absolute Gasteiger partial charge is 0.356 e. The lowest BCUT2D eigenvalue weighted by Gasteiger charge is -2.10. The Kier molecular flexibility index (Phi) is 4.76. The van der Waals surface area contributed by atoms with Gasteiger partial charge in [-0.3, -0.25) is 4.79 Å². The number of carbonyl (C=O) groups excluding carboxylic acids is 1. The van der Waals surface area contributed by atoms with E-state index < -0.39 is 0 Å². The molecule has 0 saturated heterocycles. The fraction of sp³-hybridized carbons (Fsp3) is 0.533. The molecule has 1 aliphatic rings. The first kappa shape index (κ1) is 13.1. The van der Waals surface area contributed by atoms with Gasteiger partial charge in [0.2, 0.25) is 5.91 Å². The highest BCUT2D eigenvalue weighted by molar-refractivity contribution is 5.78. The van der Waals surface area contributed by atoms with Crippen molar-refractivity contribution >= 4 is 5.91 Å². The Labute approximate surface area is 109 Å². The van der Waals surface area contributed by atoms with Crippen LogP contribution in [-0.2, 0) is 17.8 Å². The molecule has 1 aromatic carbocycles. The third-order valence-corrected chi connectivity index (χ3v) is 3.69. The topological polar surface area (TPSA) is 55.1 Å². The summed E-state index contributed by atoms with van der Waals surface area (Å²) in [6, 6.07) is 7.94. The first-order valence-corrected chi connectivity index (χ1v) is 6.82. The van der Waals surface area contributed by atoms with Crippen molar-refractivity contribution in [2.24, 2.45) is 11.7 Å². The van der Waals surface area contributed by atoms with E-state index >= 15 is 0 Å². The molecule has 3 heteroatoms. The Morgan fingerprint density at radius 2 is 1.78 bits per heavy atom. The van der Waals surface area contributed by atoms with E-state index in [4.69, 9.17) is 5.73 Å². The molecule has 98 valence electrons. The van der Waals surface area contributed by atoms with E-state index in [1.165, 1.54) is 25.7 Å². The summed E-state index contributed by atoms with van der Waals surface area (Å²) in [4.78, 5) is 11.8. The van der Waals surface area contributed by atoms with Crippen molar-refractivity contribution in [3.8, 4) is 0 Å². The molecule has 0 spiro atoms. The van der Waals surface area contributed by atoms with E-state index in [0.29, 0.717) is 18.9 Å². The van der Waals surface area contributed by atoms with E-state index in [9.17, 15) is 4.79 Å². The van der Waals surface area contributed by atoms with Crippen LogP contribution in [0.2, 0.25) is 0 Å². The van der Waals surface area contributed by atoms with E-state index in [2.05, 4.69) is 5.32 Å². The van der Waals surface area contributed by atoms with Crippen LogP contribution in [0.5, 0.6) is 0 Å². The molecule has 0 unspecified atom stereocenters. The third-order valence-electron chi connectivity index (χ3n) is 3.69. The summed E-state index contributed by atoms with van der Waals surface area (Å²) < 4.78 is 0. The molecule has 1 aromatic rings. The molecule has 0 aromatic heterocycles. The van der Waals surface area contributed by atoms with Gasteiger partial charge in [-0.2, -0.15) is 0 Å². The summed E-state index contributed by atoms with van der Waals surface area (Å²) in [6.07, 6.45) is 5.65. The van der Waals surface area contributed by atoms with Crippen molar-refractivity contribution in [2.45, 2.75) is 38.6 Å². The number of nitrogens with one attached hydrogen (secondary N) is 1. The van der Waals surface area contributed by atoms with Gasteiger partial charge in [0.25, 0.3) is 0 Å². The molecular weight excluding hydrogens is 224 g/mol. The Balaban J connectivity index is 1.75. The summed E-state index contributed by atoms with van der Waals surface area (Å²) >= 11 is 0. The van der Waals surface area contributed by atoms with Gasteiger partial charge in [-0.15, -0.1) is 0 Å². The number of carbonyl (C=O) groups is 1. The van der Waals surface area contributed by atoms with Crippen LogP contribution in [-0.4, -0.2) is 12.5 Å². The van der Waals surface area contributed by atoms with Gasteiger partial charge in [0.05, 0.1) is 6.42 Å². The summed E-state index contributed by atoms with van der Waals surface area (Å²) in [5, 5.41) is 3.04. The number of hydrogen-bond acceptors (Lipinski definition) is 2. The van der Waals surface area contributed by atoms with E-state index in [1.807, 2.05) is 24.3 Å². The second kappa shape index (κ2) is 6.55. The number of benzene rings is 1. The average molecular weight is 246 g/mol. The molecule has 3 N–H and O–H groups in total. The molecular formula is C15H22N2O. The minimum atomic E-state index is 0.127. The lowest BCUT2D eigenvalue weighted by molar-refractivity contribution is -0.120. The molecule has 18 heavy (non-hydrogen) atoms. The number of hydrogen-bond donors (Lipinski definition) is 2. The minimum Gasteiger partial charge on any atom is -0.356 e. The molecule has 0 bridgehead atoms. The van der Waals surface area contributed by atoms with Gasteiger partial charge in [-0.05, 0) is 29.9 Å². The molecule has 3 nitrogen and oxygen atoms in total. The van der Waals surface area contributed by atoms with E-state index in [1.54, 1.807) is 0 Å². The van der Waals surface area contributed by atoms with Crippen molar-refractivity contribution in [1.29, 1.82) is 0 Å². The van der Waals surface area contributed by atoms with Crippen molar-refractivity contribution in [3.63, 3.8) is 0 Å². The number of amides is 1. The van der Waals surface area contributed by atoms with Crippen LogP contribution in [0.1, 0.15) is 36.8 Å². The van der Waals surface area contributed by atoms with Crippen LogP contribution in [0.4, 0.5) is 0 Å². The summed E-state index contributed by atoms with van der Waals surface area (Å²) in [6.45, 7) is 1.40. The molecule has 0 atom stereocenters. The maximum Gasteiger partial charge on any atom is 0.224 e. The van der Waals surface area contributed by atoms with Crippen LogP contribution >= 0.6 is 0 Å². The average Bonchev–Trinajstić information content (AvgIpc) is 2.90. The van der Waals surface area contributed by atoms with Gasteiger partial charge in [0, 0.05) is 13.1 Å². The smallest absolute Gasteiger partial charge is 0.224 e. The minimum absolute atomic E-state index is 0.127. The normalized spacial score (nSPS) is 15.8. The Morgan fingerprint density at radius 3 is 2.39 bits per heavy atom. The lowest BCUT2D eigenvalue weighted by Crippen LogP contribution is -2.29. The van der Waals surface area contributed by atoms with E-state index in [-0.39, 0.29) is 5.91 Å². The zero-order valence-corrected chi connectivity index (χ0v) is 10.8. The highest BCUT2D eigenvalue weighted by atomic mass is 16.1. The maximum atomic E-state index is 11.8. The van der Waals surface area contributed by atoms with E-state index in [0.717, 1.165) is 17.7 Å². The van der Waals surface area contributed by atoms with Crippen molar-refractivity contribution < 1.29 is 4.79 Å². The Morgan fingerprint density at radius 1 is 1.17 bits per heavy atom. The summed E-state index contributed by atoms with van der Waals surface area (Å²) in [5.74, 6) is 0.830. The van der Waals surface area contributed by atoms with Crippen molar-refractivity contribution in [2.75, 3.05) is 6.54 Å². The van der Waals surface area contributed by atoms with Gasteiger partial charge in [-0.25, -0.2) is 0 Å². The molecule has 1 saturated carbocycles. The predicted molar refractivity (Wildman–Crippen MR) is 73.0 cm³/mol. The first-order valence-electron chi connectivity index (χ1n) is 6.82. The monoisotopic (exact) mass is 246 g/mol. The predicted octanol–water partition coefficient (Wildman–Crippen LogP) is 1.99. The lowest BCUT2D eigenvalue weighted by atomic mass is 10.1. The quantitative estimate of drug-likeness (QED) is 0.835. The molecule has 0 heterocycles. The molecule has 1 aliphatic carbocycles. The number of rotatable bonds is 5. The molecule has 0 radical (unpaired) electrons. The van der Waals surface area contributed by atoms with Gasteiger partial charge in [0.15, 0.2) is 0 Å². The van der Waals surface area contributed by atoms with Crippen LogP contribution in [0.25, 0.3) is 0 Å². The molecule has 1 amide bonds. The summed E-state index contributed by atoms with van der Waals surface area (Å²) in [7, 11) is 0. The maximum absolute atomic E-state index is 11.8. The Bertz CT molecular complexity index is 380. The first-order chi connectivity index (χ1) is 8.78. The van der Waals surface area contributed by atoms with Crippen LogP contribution in [0.15, 0.2) is 24.3 Å². The van der Waals surface area contributed by atoms with Crippen molar-refractivity contribution in [3.05, 3.63) is 35.4 Å². The SMILES string of the molecule is NCc1ccc(CC(=O)NCC2CCCC2)cc1. The zero-order chi connectivity index (χ0) is 12.8. The fourth-order valence-electron chi connectivity index (χ4n) is 2.51. The zero-order valence-electron chi connectivity index (χ0n) is 10.8. The highest BCUT2D eigenvalue weighted by Gasteiger charge is 2.15. The van der Waals surface area contributed by atoms with Gasteiger partial charge in [0.1, 0.15) is 0 Å². The third kappa shape index (κ3) is 3.84. The Hall–Kier alpha value is -1.35. The van der Waals surface area contributed by atoms with Gasteiger partial charge in [-0.1, -0.05) is 37.1 Å². The molecule has 2 rings (SSSR count). The second-order valence-electron chi connectivity index (χ2n) is 5.15. The standard InChI is InChI=1S/C15H22N2O/c16-10-13-7-5-12(6-8-13)9-15(18)17-11-14-3-1-2-4-14/h5-8,14H,1-4,9-11,16H2,(H,17,18). The van der Waals surface area contributed by atoms with Gasteiger partial charge >= 0.3 is 0 Å². The highest BCUT2D eigenvalue weighted by Crippen LogP contribution is 2.23.